The van der Waals surface area contributed by atoms with E-state index in [1.54, 1.807) is 12.3 Å². The van der Waals surface area contributed by atoms with Crippen LogP contribution in [0.2, 0.25) is 0 Å². The zero-order valence-electron chi connectivity index (χ0n) is 34.0. The summed E-state index contributed by atoms with van der Waals surface area (Å²) in [6.45, 7) is 5.88. The lowest BCUT2D eigenvalue weighted by Crippen LogP contribution is -2.67. The van der Waals surface area contributed by atoms with Gasteiger partial charge in [0.05, 0.1) is 24.9 Å². The number of amides is 3. The largest absolute Gasteiger partial charge is 0.479 e. The fourth-order valence-corrected chi connectivity index (χ4v) is 9.33. The molecule has 4 fully saturated rings. The first-order valence-corrected chi connectivity index (χ1v) is 21.6. The molecule has 0 aromatic carbocycles. The molecule has 2 aliphatic carbocycles. The molecular formula is C39H62N4O15S. The van der Waals surface area contributed by atoms with Gasteiger partial charge in [0, 0.05) is 37.0 Å². The second-order valence-corrected chi connectivity index (χ2v) is 17.1. The van der Waals surface area contributed by atoms with Crippen molar-refractivity contribution in [3.63, 3.8) is 0 Å². The SMILES string of the molecule is CCC1CC(C(=O)NCCNC(=O)c2nc(C)cs2)C[C@@H](O[C@@H]2O[C@@H](CO)[C@H](O)C(O[C@@H](CC3CCCCC3)C(=O)O)C2NC(C)=O)[C@@H]1OC1O[C@@H](C)[C@H](O)C(O)[C@@H]1O. The summed E-state index contributed by atoms with van der Waals surface area (Å²) < 4.78 is 31.0. The predicted octanol–water partition coefficient (Wildman–Crippen LogP) is -0.277. The highest BCUT2D eigenvalue weighted by Gasteiger charge is 2.53. The minimum absolute atomic E-state index is 0.00868. The van der Waals surface area contributed by atoms with Crippen LogP contribution in [0.1, 0.15) is 94.1 Å². The van der Waals surface area contributed by atoms with Crippen molar-refractivity contribution in [3.05, 3.63) is 16.1 Å². The third-order valence-electron chi connectivity index (χ3n) is 11.9. The molecule has 59 heavy (non-hydrogen) atoms. The number of carboxylic acids is 1. The number of carboxylic acid groups (broad SMARTS) is 1. The van der Waals surface area contributed by atoms with Crippen LogP contribution in [0.5, 0.6) is 0 Å². The van der Waals surface area contributed by atoms with Gasteiger partial charge in [0.2, 0.25) is 11.8 Å². The smallest absolute Gasteiger partial charge is 0.332 e. The molecule has 20 heteroatoms. The van der Waals surface area contributed by atoms with Crippen molar-refractivity contribution in [2.45, 2.75) is 165 Å². The molecule has 0 radical (unpaired) electrons. The second-order valence-electron chi connectivity index (χ2n) is 16.2. The summed E-state index contributed by atoms with van der Waals surface area (Å²) >= 11 is 1.21. The standard InChI is InChI=1S/C39H62N4O15S/c1-5-22-14-23(34(50)40-11-12-41-35(51)36-42-18(2)17-59-36)15-24(32(22)58-39-31(49)30(48)28(46)19(3)54-39)56-38-27(43-20(4)45)33(29(47)26(16-44)57-38)55-25(37(52)53)13-21-9-7-6-8-10-21/h17,19,21-33,38-39,44,46-49H,5-16H2,1-4H3,(H,40,50)(H,41,51)(H,43,45)(H,52,53)/t19-,22?,23?,24+,25-,26-,27?,28-,29-,30?,31-,32+,33?,38+,39?/m0/s1. The summed E-state index contributed by atoms with van der Waals surface area (Å²) in [6, 6.07) is -1.31. The van der Waals surface area contributed by atoms with Gasteiger partial charge in [-0.25, -0.2) is 9.78 Å². The maximum absolute atomic E-state index is 13.8. The van der Waals surface area contributed by atoms with Crippen LogP contribution in [0.3, 0.4) is 0 Å². The Morgan fingerprint density at radius 2 is 1.64 bits per heavy atom. The van der Waals surface area contributed by atoms with Crippen molar-refractivity contribution < 1.29 is 73.5 Å². The van der Waals surface area contributed by atoms with Gasteiger partial charge >= 0.3 is 5.97 Å². The first kappa shape index (κ1) is 47.2. The van der Waals surface area contributed by atoms with Crippen molar-refractivity contribution in [2.75, 3.05) is 19.7 Å². The van der Waals surface area contributed by atoms with E-state index in [1.165, 1.54) is 25.2 Å². The molecule has 9 N–H and O–H groups in total. The van der Waals surface area contributed by atoms with Gasteiger partial charge in [-0.2, -0.15) is 0 Å². The van der Waals surface area contributed by atoms with Crippen LogP contribution in [0.15, 0.2) is 5.38 Å². The Morgan fingerprint density at radius 3 is 2.27 bits per heavy atom. The lowest BCUT2D eigenvalue weighted by molar-refractivity contribution is -0.338. The van der Waals surface area contributed by atoms with Crippen molar-refractivity contribution in [1.82, 2.24) is 20.9 Å². The van der Waals surface area contributed by atoms with E-state index >= 15 is 0 Å². The Hall–Kier alpha value is -2.89. The van der Waals surface area contributed by atoms with E-state index in [0.29, 0.717) is 11.4 Å². The minimum Gasteiger partial charge on any atom is -0.479 e. The maximum Gasteiger partial charge on any atom is 0.332 e. The number of carbonyl (C=O) groups is 4. The molecule has 2 saturated heterocycles. The zero-order chi connectivity index (χ0) is 43.0. The number of hydrogen-bond acceptors (Lipinski definition) is 16. The van der Waals surface area contributed by atoms with E-state index in [2.05, 4.69) is 20.9 Å². The van der Waals surface area contributed by atoms with Crippen molar-refractivity contribution in [3.8, 4) is 0 Å². The number of aliphatic hydroxyl groups excluding tert-OH is 5. The number of thiazole rings is 1. The summed E-state index contributed by atoms with van der Waals surface area (Å²) in [5.41, 5.74) is 0.718. The molecule has 19 nitrogen and oxygen atoms in total. The molecule has 15 atom stereocenters. The summed E-state index contributed by atoms with van der Waals surface area (Å²) in [4.78, 5) is 55.7. The molecule has 1 aromatic rings. The number of aliphatic carboxylic acids is 1. The van der Waals surface area contributed by atoms with E-state index < -0.39 is 110 Å². The van der Waals surface area contributed by atoms with E-state index in [4.69, 9.17) is 23.7 Å². The third-order valence-corrected chi connectivity index (χ3v) is 12.8. The van der Waals surface area contributed by atoms with Crippen LogP contribution in [0.25, 0.3) is 0 Å². The Morgan fingerprint density at radius 1 is 0.932 bits per heavy atom. The number of rotatable bonds is 17. The molecule has 1 aromatic heterocycles. The number of nitrogens with one attached hydrogen (secondary N) is 3. The van der Waals surface area contributed by atoms with Gasteiger partial charge in [-0.3, -0.25) is 14.4 Å². The van der Waals surface area contributed by atoms with Crippen molar-refractivity contribution in [2.24, 2.45) is 17.8 Å². The van der Waals surface area contributed by atoms with Gasteiger partial charge in [-0.15, -0.1) is 11.3 Å². The number of aromatic nitrogens is 1. The Kier molecular flexibility index (Phi) is 17.4. The van der Waals surface area contributed by atoms with Crippen LogP contribution in [-0.2, 0) is 38.1 Å². The van der Waals surface area contributed by atoms with Gasteiger partial charge < -0.3 is 70.3 Å². The molecule has 6 unspecified atom stereocenters. The molecule has 0 spiro atoms. The lowest BCUT2D eigenvalue weighted by Gasteiger charge is -2.49. The molecule has 2 aliphatic heterocycles. The van der Waals surface area contributed by atoms with Crippen LogP contribution in [-0.4, -0.2) is 159 Å². The van der Waals surface area contributed by atoms with Gasteiger partial charge in [0.25, 0.3) is 5.91 Å². The van der Waals surface area contributed by atoms with E-state index in [1.807, 2.05) is 6.92 Å². The predicted molar refractivity (Wildman–Crippen MR) is 208 cm³/mol. The Labute approximate surface area is 347 Å². The van der Waals surface area contributed by atoms with Crippen LogP contribution < -0.4 is 16.0 Å². The van der Waals surface area contributed by atoms with E-state index in [0.717, 1.165) is 37.8 Å². The number of hydrogen-bond donors (Lipinski definition) is 9. The normalized spacial score (nSPS) is 36.0. The molecule has 334 valence electrons. The monoisotopic (exact) mass is 858 g/mol. The minimum atomic E-state index is -1.66. The number of ether oxygens (including phenoxy) is 5. The molecule has 3 amide bonds. The van der Waals surface area contributed by atoms with Crippen LogP contribution >= 0.6 is 11.3 Å². The topological polar surface area (TPSA) is 285 Å². The van der Waals surface area contributed by atoms with Gasteiger partial charge in [-0.05, 0) is 44.9 Å². The summed E-state index contributed by atoms with van der Waals surface area (Å²) in [6.07, 6.45) is -10.7. The number of carbonyl (C=O) groups excluding carboxylic acids is 3. The highest BCUT2D eigenvalue weighted by Crippen LogP contribution is 2.40. The highest BCUT2D eigenvalue weighted by atomic mass is 32.1. The van der Waals surface area contributed by atoms with Crippen LogP contribution in [0.4, 0.5) is 0 Å². The molecule has 5 rings (SSSR count). The lowest BCUT2D eigenvalue weighted by atomic mass is 9.75. The summed E-state index contributed by atoms with van der Waals surface area (Å²) in [5.74, 6) is -3.59. The van der Waals surface area contributed by atoms with Crippen LogP contribution in [0, 0.1) is 24.7 Å². The number of aliphatic hydroxyl groups is 5. The Balaban J connectivity index is 1.39. The molecular weight excluding hydrogens is 797 g/mol. The fraction of sp³-hybridized carbons (Fsp3) is 0.821. The fourth-order valence-electron chi connectivity index (χ4n) is 8.62. The average Bonchev–Trinajstić information content (AvgIpc) is 3.66. The quantitative estimate of drug-likeness (QED) is 0.0912. The highest BCUT2D eigenvalue weighted by molar-refractivity contribution is 7.11. The molecule has 4 aliphatic rings. The maximum atomic E-state index is 13.8. The van der Waals surface area contributed by atoms with Crippen molar-refractivity contribution >= 4 is 35.0 Å². The Bertz CT molecular complexity index is 1550. The molecule has 2 saturated carbocycles. The van der Waals surface area contributed by atoms with Gasteiger partial charge in [0.15, 0.2) is 23.7 Å². The molecule has 3 heterocycles. The van der Waals surface area contributed by atoms with E-state index in [9.17, 15) is 49.8 Å². The van der Waals surface area contributed by atoms with Gasteiger partial charge in [-0.1, -0.05) is 45.4 Å². The van der Waals surface area contributed by atoms with Crippen molar-refractivity contribution in [1.29, 1.82) is 0 Å². The summed E-state index contributed by atoms with van der Waals surface area (Å²) in [5, 5.41) is 74.2. The average molecular weight is 859 g/mol. The first-order valence-electron chi connectivity index (χ1n) is 20.7. The second kappa shape index (κ2) is 21.8. The van der Waals surface area contributed by atoms with E-state index in [-0.39, 0.29) is 50.1 Å². The van der Waals surface area contributed by atoms with Gasteiger partial charge in [0.1, 0.15) is 42.7 Å². The summed E-state index contributed by atoms with van der Waals surface area (Å²) in [7, 11) is 0. The number of nitrogens with zero attached hydrogens (tertiary/aromatic N) is 1. The number of aryl methyl sites for hydroxylation is 1. The third kappa shape index (κ3) is 12.2. The zero-order valence-corrected chi connectivity index (χ0v) is 34.8. The first-order chi connectivity index (χ1) is 28.1. The molecule has 0 bridgehead atoms.